The first kappa shape index (κ1) is 25.2. The minimum absolute atomic E-state index is 0.342. The van der Waals surface area contributed by atoms with Crippen LogP contribution in [0.4, 0.5) is 0 Å². The Morgan fingerprint density at radius 1 is 0.655 bits per heavy atom. The SMILES string of the molecule is CCCCCCCCCCCCCCCCCCC[C@H]1C[C@H]1[C@H]1COC(C)(C)O1. The molecule has 2 fully saturated rings. The summed E-state index contributed by atoms with van der Waals surface area (Å²) >= 11 is 0. The molecule has 0 spiro atoms. The summed E-state index contributed by atoms with van der Waals surface area (Å²) in [7, 11) is 0. The fourth-order valence-corrected chi connectivity index (χ4v) is 5.12. The van der Waals surface area contributed by atoms with E-state index in [1.165, 1.54) is 122 Å². The van der Waals surface area contributed by atoms with Crippen LogP contribution in [0.25, 0.3) is 0 Å². The normalized spacial score (nSPS) is 25.6. The molecule has 0 aromatic heterocycles. The molecule has 2 nitrogen and oxygen atoms in total. The van der Waals surface area contributed by atoms with Gasteiger partial charge in [-0.1, -0.05) is 122 Å². The van der Waals surface area contributed by atoms with E-state index in [1.54, 1.807) is 0 Å². The second-order valence-electron chi connectivity index (χ2n) is 10.5. The van der Waals surface area contributed by atoms with Crippen molar-refractivity contribution in [1.82, 2.24) is 0 Å². The van der Waals surface area contributed by atoms with Gasteiger partial charge >= 0.3 is 0 Å². The van der Waals surface area contributed by atoms with Gasteiger partial charge in [0, 0.05) is 0 Å². The second kappa shape index (κ2) is 14.8. The first-order valence-corrected chi connectivity index (χ1v) is 13.4. The molecule has 1 heterocycles. The van der Waals surface area contributed by atoms with Gasteiger partial charge in [0.25, 0.3) is 0 Å². The number of unbranched alkanes of at least 4 members (excludes halogenated alkanes) is 16. The van der Waals surface area contributed by atoms with Crippen molar-refractivity contribution in [2.45, 2.75) is 155 Å². The third-order valence-corrected chi connectivity index (χ3v) is 7.16. The summed E-state index contributed by atoms with van der Waals surface area (Å²) in [6.07, 6.45) is 27.9. The van der Waals surface area contributed by atoms with Gasteiger partial charge in [0.1, 0.15) is 0 Å². The van der Waals surface area contributed by atoms with Gasteiger partial charge in [0.05, 0.1) is 12.7 Å². The molecule has 2 rings (SSSR count). The molecule has 1 aliphatic heterocycles. The van der Waals surface area contributed by atoms with Crippen molar-refractivity contribution in [1.29, 1.82) is 0 Å². The highest BCUT2D eigenvalue weighted by atomic mass is 16.7. The third-order valence-electron chi connectivity index (χ3n) is 7.16. The zero-order valence-electron chi connectivity index (χ0n) is 20.2. The largest absolute Gasteiger partial charge is 0.348 e. The van der Waals surface area contributed by atoms with Crippen LogP contribution in [0.1, 0.15) is 143 Å². The summed E-state index contributed by atoms with van der Waals surface area (Å²) in [6.45, 7) is 7.20. The lowest BCUT2D eigenvalue weighted by molar-refractivity contribution is -0.141. The molecule has 0 aromatic rings. The van der Waals surface area contributed by atoms with Gasteiger partial charge in [-0.25, -0.2) is 0 Å². The molecule has 1 saturated carbocycles. The molecule has 29 heavy (non-hydrogen) atoms. The molecule has 2 heteroatoms. The predicted molar refractivity (Wildman–Crippen MR) is 125 cm³/mol. The lowest BCUT2D eigenvalue weighted by atomic mass is 10.0. The standard InChI is InChI=1S/C27H52O2/c1-4-5-6-7-8-9-10-11-12-13-14-15-16-17-18-19-20-21-24-22-25(24)26-23-28-27(2,3)29-26/h24-26H,4-23H2,1-3H3/t24-,25+,26+/m0/s1. The van der Waals surface area contributed by atoms with Crippen molar-refractivity contribution in [2.24, 2.45) is 11.8 Å². The highest BCUT2D eigenvalue weighted by molar-refractivity contribution is 4.94. The molecule has 0 amide bonds. The Hall–Kier alpha value is -0.0800. The molecule has 0 aromatic carbocycles. The Kier molecular flexibility index (Phi) is 12.9. The first-order chi connectivity index (χ1) is 14.1. The number of hydrogen-bond donors (Lipinski definition) is 0. The second-order valence-corrected chi connectivity index (χ2v) is 10.5. The molecule has 0 bridgehead atoms. The van der Waals surface area contributed by atoms with Gasteiger partial charge in [0.2, 0.25) is 0 Å². The van der Waals surface area contributed by atoms with Gasteiger partial charge in [0.15, 0.2) is 5.79 Å². The third kappa shape index (κ3) is 11.8. The zero-order chi connectivity index (χ0) is 20.8. The minimum Gasteiger partial charge on any atom is -0.348 e. The van der Waals surface area contributed by atoms with Crippen LogP contribution in [-0.4, -0.2) is 18.5 Å². The van der Waals surface area contributed by atoms with Crippen LogP contribution in [0.3, 0.4) is 0 Å². The highest BCUT2D eigenvalue weighted by Crippen LogP contribution is 2.48. The van der Waals surface area contributed by atoms with Crippen molar-refractivity contribution in [3.05, 3.63) is 0 Å². The fraction of sp³-hybridized carbons (Fsp3) is 1.00. The molecule has 3 atom stereocenters. The van der Waals surface area contributed by atoms with E-state index in [2.05, 4.69) is 6.92 Å². The molecule has 0 unspecified atom stereocenters. The summed E-state index contributed by atoms with van der Waals surface area (Å²) < 4.78 is 11.7. The van der Waals surface area contributed by atoms with Crippen molar-refractivity contribution < 1.29 is 9.47 Å². The van der Waals surface area contributed by atoms with E-state index in [0.717, 1.165) is 18.4 Å². The smallest absolute Gasteiger partial charge is 0.163 e. The van der Waals surface area contributed by atoms with Crippen LogP contribution < -0.4 is 0 Å². The number of rotatable bonds is 19. The molecule has 0 N–H and O–H groups in total. The maximum atomic E-state index is 6.02. The van der Waals surface area contributed by atoms with E-state index in [-0.39, 0.29) is 5.79 Å². The summed E-state index contributed by atoms with van der Waals surface area (Å²) in [4.78, 5) is 0. The maximum Gasteiger partial charge on any atom is 0.163 e. The van der Waals surface area contributed by atoms with Crippen LogP contribution in [0.5, 0.6) is 0 Å². The predicted octanol–water partition coefficient (Wildman–Crippen LogP) is 8.82. The molecule has 1 saturated heterocycles. The van der Waals surface area contributed by atoms with Crippen molar-refractivity contribution >= 4 is 0 Å². The van der Waals surface area contributed by atoms with E-state index in [0.29, 0.717) is 6.10 Å². The van der Waals surface area contributed by atoms with Crippen molar-refractivity contribution in [2.75, 3.05) is 6.61 Å². The van der Waals surface area contributed by atoms with E-state index in [4.69, 9.17) is 9.47 Å². The molecular formula is C27H52O2. The highest BCUT2D eigenvalue weighted by Gasteiger charge is 2.48. The van der Waals surface area contributed by atoms with Gasteiger partial charge < -0.3 is 9.47 Å². The summed E-state index contributed by atoms with van der Waals surface area (Å²) in [6, 6.07) is 0. The van der Waals surface area contributed by atoms with Crippen molar-refractivity contribution in [3.63, 3.8) is 0 Å². The Morgan fingerprint density at radius 3 is 1.52 bits per heavy atom. The zero-order valence-corrected chi connectivity index (χ0v) is 20.2. The summed E-state index contributed by atoms with van der Waals surface area (Å²) in [5, 5.41) is 0. The minimum atomic E-state index is -0.342. The lowest BCUT2D eigenvalue weighted by Crippen LogP contribution is -2.22. The molecule has 2 aliphatic rings. The van der Waals surface area contributed by atoms with Crippen LogP contribution in [0.15, 0.2) is 0 Å². The Bertz CT molecular complexity index is 392. The van der Waals surface area contributed by atoms with Crippen LogP contribution in [0, 0.1) is 11.8 Å². The van der Waals surface area contributed by atoms with Crippen LogP contribution in [-0.2, 0) is 9.47 Å². The lowest BCUT2D eigenvalue weighted by Gasteiger charge is -2.17. The van der Waals surface area contributed by atoms with Crippen LogP contribution >= 0.6 is 0 Å². The molecular weight excluding hydrogens is 356 g/mol. The van der Waals surface area contributed by atoms with E-state index < -0.39 is 0 Å². The topological polar surface area (TPSA) is 18.5 Å². The number of ether oxygens (including phenoxy) is 2. The fourth-order valence-electron chi connectivity index (χ4n) is 5.12. The van der Waals surface area contributed by atoms with Crippen LogP contribution in [0.2, 0.25) is 0 Å². The van der Waals surface area contributed by atoms with Gasteiger partial charge in [-0.15, -0.1) is 0 Å². The molecule has 1 aliphatic carbocycles. The summed E-state index contributed by atoms with van der Waals surface area (Å²) in [5.41, 5.74) is 0. The van der Waals surface area contributed by atoms with Gasteiger partial charge in [-0.05, 0) is 32.1 Å². The van der Waals surface area contributed by atoms with E-state index >= 15 is 0 Å². The Labute approximate surface area is 182 Å². The Balaban J connectivity index is 1.24. The average molecular weight is 409 g/mol. The summed E-state index contributed by atoms with van der Waals surface area (Å²) in [5.74, 6) is 1.37. The molecule has 0 radical (unpaired) electrons. The van der Waals surface area contributed by atoms with E-state index in [9.17, 15) is 0 Å². The Morgan fingerprint density at radius 2 is 1.10 bits per heavy atom. The molecule has 172 valence electrons. The average Bonchev–Trinajstić information content (AvgIpc) is 3.38. The van der Waals surface area contributed by atoms with Gasteiger partial charge in [-0.3, -0.25) is 0 Å². The van der Waals surface area contributed by atoms with Crippen molar-refractivity contribution in [3.8, 4) is 0 Å². The van der Waals surface area contributed by atoms with Gasteiger partial charge in [-0.2, -0.15) is 0 Å². The first-order valence-electron chi connectivity index (χ1n) is 13.4. The monoisotopic (exact) mass is 408 g/mol. The maximum absolute atomic E-state index is 6.02. The number of hydrogen-bond acceptors (Lipinski definition) is 2. The van der Waals surface area contributed by atoms with E-state index in [1.807, 2.05) is 13.8 Å². The quantitative estimate of drug-likeness (QED) is 0.199.